The van der Waals surface area contributed by atoms with E-state index in [4.69, 9.17) is 9.47 Å². The lowest BCUT2D eigenvalue weighted by Crippen LogP contribution is -2.15. The monoisotopic (exact) mass is 300 g/mol. The second-order valence-corrected chi connectivity index (χ2v) is 5.93. The van der Waals surface area contributed by atoms with Crippen molar-refractivity contribution in [2.24, 2.45) is 0 Å². The van der Waals surface area contributed by atoms with Crippen LogP contribution in [0.4, 0.5) is 0 Å². The standard InChI is InChI=1S/C18H36O3/c1-3-4-5-6-7-8-9-10-11-12-13-14-15-18(16-19)21-17-20-2/h16,18H,3-15,17H2,1-2H3/t18-/m0/s1. The molecule has 0 rings (SSSR count). The lowest BCUT2D eigenvalue weighted by Gasteiger charge is -2.10. The lowest BCUT2D eigenvalue weighted by atomic mass is 10.0. The molecule has 126 valence electrons. The van der Waals surface area contributed by atoms with Crippen molar-refractivity contribution in [1.82, 2.24) is 0 Å². The number of carbonyl (C=O) groups is 1. The third kappa shape index (κ3) is 15.8. The Morgan fingerprint density at radius 2 is 1.29 bits per heavy atom. The van der Waals surface area contributed by atoms with E-state index in [1.807, 2.05) is 0 Å². The molecule has 0 aliphatic heterocycles. The van der Waals surface area contributed by atoms with Gasteiger partial charge >= 0.3 is 0 Å². The molecular weight excluding hydrogens is 264 g/mol. The fraction of sp³-hybridized carbons (Fsp3) is 0.944. The van der Waals surface area contributed by atoms with Gasteiger partial charge in [0.25, 0.3) is 0 Å². The molecule has 0 aromatic carbocycles. The van der Waals surface area contributed by atoms with Gasteiger partial charge in [0, 0.05) is 7.11 Å². The van der Waals surface area contributed by atoms with Gasteiger partial charge < -0.3 is 14.3 Å². The van der Waals surface area contributed by atoms with E-state index in [9.17, 15) is 4.79 Å². The highest BCUT2D eigenvalue weighted by Gasteiger charge is 2.06. The zero-order valence-corrected chi connectivity index (χ0v) is 14.3. The van der Waals surface area contributed by atoms with Gasteiger partial charge in [-0.2, -0.15) is 0 Å². The fourth-order valence-corrected chi connectivity index (χ4v) is 2.53. The molecule has 0 fully saturated rings. The van der Waals surface area contributed by atoms with Crippen molar-refractivity contribution in [2.45, 2.75) is 96.5 Å². The van der Waals surface area contributed by atoms with Crippen LogP contribution in [0.2, 0.25) is 0 Å². The molecule has 0 heterocycles. The largest absolute Gasteiger partial charge is 0.359 e. The number of rotatable bonds is 17. The lowest BCUT2D eigenvalue weighted by molar-refractivity contribution is -0.128. The van der Waals surface area contributed by atoms with E-state index >= 15 is 0 Å². The van der Waals surface area contributed by atoms with E-state index in [2.05, 4.69) is 6.92 Å². The predicted octanol–water partition coefficient (Wildman–Crippen LogP) is 5.27. The third-order valence-corrected chi connectivity index (χ3v) is 3.89. The molecule has 21 heavy (non-hydrogen) atoms. The van der Waals surface area contributed by atoms with Crippen LogP contribution in [-0.4, -0.2) is 26.3 Å². The predicted molar refractivity (Wildman–Crippen MR) is 88.5 cm³/mol. The highest BCUT2D eigenvalue weighted by atomic mass is 16.7. The number of aldehydes is 1. The van der Waals surface area contributed by atoms with Gasteiger partial charge in [-0.15, -0.1) is 0 Å². The first kappa shape index (κ1) is 20.6. The summed E-state index contributed by atoms with van der Waals surface area (Å²) in [6.07, 6.45) is 17.5. The van der Waals surface area contributed by atoms with Gasteiger partial charge in [-0.1, -0.05) is 84.0 Å². The summed E-state index contributed by atoms with van der Waals surface area (Å²) in [6.45, 7) is 2.47. The molecule has 0 aromatic rings. The zero-order valence-electron chi connectivity index (χ0n) is 14.3. The molecule has 0 aliphatic carbocycles. The van der Waals surface area contributed by atoms with Crippen LogP contribution in [-0.2, 0) is 14.3 Å². The molecule has 0 bridgehead atoms. The molecule has 0 radical (unpaired) electrons. The van der Waals surface area contributed by atoms with Crippen molar-refractivity contribution in [1.29, 1.82) is 0 Å². The highest BCUT2D eigenvalue weighted by molar-refractivity contribution is 5.55. The van der Waals surface area contributed by atoms with Crippen molar-refractivity contribution < 1.29 is 14.3 Å². The van der Waals surface area contributed by atoms with Crippen LogP contribution in [0.25, 0.3) is 0 Å². The van der Waals surface area contributed by atoms with Gasteiger partial charge in [0.05, 0.1) is 0 Å². The SMILES string of the molecule is CCCCCCCCCCCCCC[C@@H](C=O)OCOC. The summed E-state index contributed by atoms with van der Waals surface area (Å²) in [5.41, 5.74) is 0. The highest BCUT2D eigenvalue weighted by Crippen LogP contribution is 2.13. The Kier molecular flexibility index (Phi) is 17.3. The van der Waals surface area contributed by atoms with Gasteiger partial charge in [-0.25, -0.2) is 0 Å². The number of ether oxygens (including phenoxy) is 2. The molecule has 3 heteroatoms. The minimum Gasteiger partial charge on any atom is -0.359 e. The quantitative estimate of drug-likeness (QED) is 0.209. The fourth-order valence-electron chi connectivity index (χ4n) is 2.53. The minimum absolute atomic E-state index is 0.210. The Labute approximate surface area is 131 Å². The summed E-state index contributed by atoms with van der Waals surface area (Å²) in [5.74, 6) is 0. The molecule has 0 saturated carbocycles. The normalized spacial score (nSPS) is 12.5. The second kappa shape index (κ2) is 17.6. The molecule has 0 N–H and O–H groups in total. The van der Waals surface area contributed by atoms with Crippen molar-refractivity contribution in [3.8, 4) is 0 Å². The van der Waals surface area contributed by atoms with Crippen molar-refractivity contribution in [2.75, 3.05) is 13.9 Å². The molecule has 0 unspecified atom stereocenters. The maximum atomic E-state index is 10.8. The van der Waals surface area contributed by atoms with Crippen molar-refractivity contribution in [3.63, 3.8) is 0 Å². The first-order chi connectivity index (χ1) is 10.3. The average Bonchev–Trinajstić information content (AvgIpc) is 2.51. The van der Waals surface area contributed by atoms with Crippen molar-refractivity contribution >= 4 is 6.29 Å². The van der Waals surface area contributed by atoms with E-state index in [1.165, 1.54) is 70.6 Å². The second-order valence-electron chi connectivity index (χ2n) is 5.93. The number of methoxy groups -OCH3 is 1. The van der Waals surface area contributed by atoms with E-state index in [0.29, 0.717) is 0 Å². The Bertz CT molecular complexity index is 207. The molecule has 0 amide bonds. The van der Waals surface area contributed by atoms with Gasteiger partial charge in [0.1, 0.15) is 19.2 Å². The van der Waals surface area contributed by atoms with E-state index in [1.54, 1.807) is 7.11 Å². The summed E-state index contributed by atoms with van der Waals surface area (Å²) in [6, 6.07) is 0. The maximum Gasteiger partial charge on any atom is 0.148 e. The molecule has 0 spiro atoms. The maximum absolute atomic E-state index is 10.8. The van der Waals surface area contributed by atoms with Crippen LogP contribution in [0.3, 0.4) is 0 Å². The van der Waals surface area contributed by atoms with Crippen LogP contribution in [0.1, 0.15) is 90.4 Å². The minimum atomic E-state index is -0.284. The molecule has 1 atom stereocenters. The van der Waals surface area contributed by atoms with E-state index in [-0.39, 0.29) is 12.9 Å². The number of hydrogen-bond acceptors (Lipinski definition) is 3. The van der Waals surface area contributed by atoms with Crippen LogP contribution >= 0.6 is 0 Å². The Morgan fingerprint density at radius 3 is 1.71 bits per heavy atom. The number of unbranched alkanes of at least 4 members (excludes halogenated alkanes) is 11. The smallest absolute Gasteiger partial charge is 0.148 e. The van der Waals surface area contributed by atoms with Gasteiger partial charge in [-0.05, 0) is 6.42 Å². The number of hydrogen-bond donors (Lipinski definition) is 0. The Balaban J connectivity index is 3.16. The topological polar surface area (TPSA) is 35.5 Å². The summed E-state index contributed by atoms with van der Waals surface area (Å²) >= 11 is 0. The average molecular weight is 300 g/mol. The van der Waals surface area contributed by atoms with Gasteiger partial charge in [0.15, 0.2) is 0 Å². The van der Waals surface area contributed by atoms with Gasteiger partial charge in [-0.3, -0.25) is 0 Å². The molecule has 0 aromatic heterocycles. The Morgan fingerprint density at radius 1 is 0.810 bits per heavy atom. The summed E-state index contributed by atoms with van der Waals surface area (Å²) in [4.78, 5) is 10.8. The molecular formula is C18H36O3. The van der Waals surface area contributed by atoms with E-state index < -0.39 is 0 Å². The first-order valence-corrected chi connectivity index (χ1v) is 8.91. The van der Waals surface area contributed by atoms with Crippen LogP contribution in [0.5, 0.6) is 0 Å². The zero-order chi connectivity index (χ0) is 15.6. The van der Waals surface area contributed by atoms with E-state index in [0.717, 1.165) is 19.1 Å². The van der Waals surface area contributed by atoms with Crippen molar-refractivity contribution in [3.05, 3.63) is 0 Å². The molecule has 0 saturated heterocycles. The summed E-state index contributed by atoms with van der Waals surface area (Å²) in [5, 5.41) is 0. The first-order valence-electron chi connectivity index (χ1n) is 8.91. The molecule has 3 nitrogen and oxygen atoms in total. The molecule has 0 aliphatic rings. The van der Waals surface area contributed by atoms with Gasteiger partial charge in [0.2, 0.25) is 0 Å². The summed E-state index contributed by atoms with van der Waals surface area (Å²) in [7, 11) is 1.58. The third-order valence-electron chi connectivity index (χ3n) is 3.89. The van der Waals surface area contributed by atoms with Crippen LogP contribution in [0.15, 0.2) is 0 Å². The summed E-state index contributed by atoms with van der Waals surface area (Å²) < 4.78 is 10.1. The number of carbonyl (C=O) groups excluding carboxylic acids is 1. The van der Waals surface area contributed by atoms with Crippen LogP contribution < -0.4 is 0 Å². The van der Waals surface area contributed by atoms with Crippen LogP contribution in [0, 0.1) is 0 Å². The Hall–Kier alpha value is -0.410.